The van der Waals surface area contributed by atoms with Gasteiger partial charge < -0.3 is 0 Å². The normalized spacial score (nSPS) is 12.4. The van der Waals surface area contributed by atoms with E-state index in [1.54, 1.807) is 6.07 Å². The van der Waals surface area contributed by atoms with Gasteiger partial charge in [0.2, 0.25) is 0 Å². The van der Waals surface area contributed by atoms with Crippen LogP contribution < -0.4 is 0 Å². The molecular weight excluding hydrogens is 392 g/mol. The Hall–Kier alpha value is -3.47. The first-order chi connectivity index (χ1) is 14.6. The van der Waals surface area contributed by atoms with E-state index in [-0.39, 0.29) is 4.90 Å². The van der Waals surface area contributed by atoms with E-state index in [2.05, 4.69) is 24.3 Å². The molecule has 3 nitrogen and oxygen atoms in total. The van der Waals surface area contributed by atoms with Crippen molar-refractivity contribution in [2.24, 2.45) is 0 Å². The van der Waals surface area contributed by atoms with Gasteiger partial charge in [0, 0.05) is 5.39 Å². The van der Waals surface area contributed by atoms with Gasteiger partial charge in [-0.05, 0) is 54.5 Å². The zero-order chi connectivity index (χ0) is 20.5. The average molecular weight is 408 g/mol. The molecular formula is C26H16O3S. The van der Waals surface area contributed by atoms with E-state index in [1.807, 2.05) is 54.6 Å². The first kappa shape index (κ1) is 17.4. The molecule has 0 heterocycles. The van der Waals surface area contributed by atoms with E-state index < -0.39 is 10.1 Å². The van der Waals surface area contributed by atoms with Crippen molar-refractivity contribution in [3.05, 3.63) is 91.0 Å². The van der Waals surface area contributed by atoms with Gasteiger partial charge in [0.25, 0.3) is 10.1 Å². The Labute approximate surface area is 172 Å². The minimum atomic E-state index is -4.39. The maximum absolute atomic E-state index is 12.3. The van der Waals surface area contributed by atoms with Crippen LogP contribution in [0.5, 0.6) is 0 Å². The van der Waals surface area contributed by atoms with Crippen LogP contribution >= 0.6 is 0 Å². The van der Waals surface area contributed by atoms with E-state index >= 15 is 0 Å². The number of hydrogen-bond donors (Lipinski definition) is 1. The van der Waals surface area contributed by atoms with Crippen LogP contribution in [0.2, 0.25) is 0 Å². The van der Waals surface area contributed by atoms with Crippen LogP contribution in [0.1, 0.15) is 0 Å². The second kappa shape index (κ2) is 6.02. The molecule has 0 saturated heterocycles. The standard InChI is InChI=1S/C26H16O3S/c27-30(28,29)23-15-7-14-22-24(23)20-12-5-6-13-21(20)25-18-10-3-1-8-16(18)17-9-2-4-11-19(17)26(22)25/h1-15H,(H,27,28,29). The third-order valence-corrected chi connectivity index (χ3v) is 6.87. The summed E-state index contributed by atoms with van der Waals surface area (Å²) in [5.41, 5.74) is 0. The van der Waals surface area contributed by atoms with E-state index in [1.165, 1.54) is 6.07 Å². The fourth-order valence-electron chi connectivity index (χ4n) is 4.85. The van der Waals surface area contributed by atoms with E-state index in [0.29, 0.717) is 5.39 Å². The third-order valence-electron chi connectivity index (χ3n) is 5.97. The minimum absolute atomic E-state index is 0.0599. The molecule has 0 unspecified atom stereocenters. The van der Waals surface area contributed by atoms with Crippen molar-refractivity contribution in [3.8, 4) is 0 Å². The third kappa shape index (κ3) is 2.26. The lowest BCUT2D eigenvalue weighted by atomic mass is 9.87. The summed E-state index contributed by atoms with van der Waals surface area (Å²) < 4.78 is 34.5. The summed E-state index contributed by atoms with van der Waals surface area (Å²) in [6, 6.07) is 29.5. The molecule has 0 bridgehead atoms. The molecule has 1 N–H and O–H groups in total. The highest BCUT2D eigenvalue weighted by molar-refractivity contribution is 7.86. The van der Waals surface area contributed by atoms with Crippen LogP contribution in [0.25, 0.3) is 53.9 Å². The molecule has 0 amide bonds. The fraction of sp³-hybridized carbons (Fsp3) is 0. The van der Waals surface area contributed by atoms with Crippen molar-refractivity contribution in [1.82, 2.24) is 0 Å². The first-order valence-corrected chi connectivity index (χ1v) is 11.1. The van der Waals surface area contributed by atoms with Gasteiger partial charge in [0.1, 0.15) is 4.90 Å². The Morgan fingerprint density at radius 1 is 0.433 bits per heavy atom. The lowest BCUT2D eigenvalue weighted by molar-refractivity contribution is 0.484. The van der Waals surface area contributed by atoms with Crippen molar-refractivity contribution in [3.63, 3.8) is 0 Å². The SMILES string of the molecule is O=S(=O)(O)c1cccc2c1c1ccccc1c1c3ccccc3c3ccccc3c21. The topological polar surface area (TPSA) is 54.4 Å². The molecule has 0 radical (unpaired) electrons. The minimum Gasteiger partial charge on any atom is -0.282 e. The molecule has 0 atom stereocenters. The predicted molar refractivity (Wildman–Crippen MR) is 124 cm³/mol. The van der Waals surface area contributed by atoms with Crippen LogP contribution in [0, 0.1) is 0 Å². The molecule has 0 spiro atoms. The molecule has 4 heteroatoms. The highest BCUT2D eigenvalue weighted by atomic mass is 32.2. The van der Waals surface area contributed by atoms with Gasteiger partial charge >= 0.3 is 0 Å². The summed E-state index contributed by atoms with van der Waals surface area (Å²) in [4.78, 5) is -0.0599. The second-order valence-electron chi connectivity index (χ2n) is 7.54. The molecule has 0 aliphatic carbocycles. The largest absolute Gasteiger partial charge is 0.295 e. The average Bonchev–Trinajstić information content (AvgIpc) is 2.77. The van der Waals surface area contributed by atoms with Crippen LogP contribution in [0.4, 0.5) is 0 Å². The highest BCUT2D eigenvalue weighted by Gasteiger charge is 2.20. The molecule has 0 saturated carbocycles. The molecule has 6 rings (SSSR count). The van der Waals surface area contributed by atoms with Crippen molar-refractivity contribution in [2.75, 3.05) is 0 Å². The second-order valence-corrected chi connectivity index (χ2v) is 8.93. The number of rotatable bonds is 1. The van der Waals surface area contributed by atoms with Gasteiger partial charge in [-0.1, -0.05) is 84.9 Å². The molecule has 0 fully saturated rings. The Bertz CT molecular complexity index is 1770. The fourth-order valence-corrected chi connectivity index (χ4v) is 5.58. The van der Waals surface area contributed by atoms with Crippen molar-refractivity contribution >= 4 is 64.0 Å². The molecule has 0 aliphatic heterocycles. The Morgan fingerprint density at radius 3 is 1.30 bits per heavy atom. The molecule has 144 valence electrons. The zero-order valence-electron chi connectivity index (χ0n) is 15.8. The summed E-state index contributed by atoms with van der Waals surface area (Å²) in [5.74, 6) is 0. The summed E-state index contributed by atoms with van der Waals surface area (Å²) in [7, 11) is -4.39. The lowest BCUT2D eigenvalue weighted by Gasteiger charge is -2.17. The van der Waals surface area contributed by atoms with Gasteiger partial charge in [-0.25, -0.2) is 0 Å². The Kier molecular flexibility index (Phi) is 3.49. The quantitative estimate of drug-likeness (QED) is 0.243. The van der Waals surface area contributed by atoms with E-state index in [0.717, 1.165) is 48.5 Å². The van der Waals surface area contributed by atoms with Gasteiger partial charge in [0.05, 0.1) is 0 Å². The number of benzene rings is 6. The predicted octanol–water partition coefficient (Wildman–Crippen LogP) is 6.70. The number of fused-ring (bicyclic) bond motifs is 11. The number of hydrogen-bond acceptors (Lipinski definition) is 2. The smallest absolute Gasteiger partial charge is 0.282 e. The summed E-state index contributed by atoms with van der Waals surface area (Å²) in [6.07, 6.45) is 0. The summed E-state index contributed by atoms with van der Waals surface area (Å²) in [5, 5.41) is 9.74. The van der Waals surface area contributed by atoms with Crippen molar-refractivity contribution < 1.29 is 13.0 Å². The van der Waals surface area contributed by atoms with E-state index in [4.69, 9.17) is 0 Å². The molecule has 6 aromatic rings. The van der Waals surface area contributed by atoms with Gasteiger partial charge in [-0.3, -0.25) is 4.55 Å². The zero-order valence-corrected chi connectivity index (χ0v) is 16.6. The Morgan fingerprint density at radius 2 is 0.800 bits per heavy atom. The first-order valence-electron chi connectivity index (χ1n) is 9.70. The maximum Gasteiger partial charge on any atom is 0.295 e. The lowest BCUT2D eigenvalue weighted by Crippen LogP contribution is -2.00. The molecule has 0 aliphatic rings. The van der Waals surface area contributed by atoms with Gasteiger partial charge in [-0.2, -0.15) is 8.42 Å². The molecule has 30 heavy (non-hydrogen) atoms. The Balaban J connectivity index is 2.11. The summed E-state index contributed by atoms with van der Waals surface area (Å²) >= 11 is 0. The molecule has 0 aromatic heterocycles. The monoisotopic (exact) mass is 408 g/mol. The van der Waals surface area contributed by atoms with Crippen LogP contribution in [-0.4, -0.2) is 13.0 Å². The van der Waals surface area contributed by atoms with E-state index in [9.17, 15) is 13.0 Å². The van der Waals surface area contributed by atoms with Crippen LogP contribution in [0.15, 0.2) is 95.9 Å². The van der Waals surface area contributed by atoms with Gasteiger partial charge in [0.15, 0.2) is 0 Å². The highest BCUT2D eigenvalue weighted by Crippen LogP contribution is 2.44. The van der Waals surface area contributed by atoms with Crippen LogP contribution in [-0.2, 0) is 10.1 Å². The van der Waals surface area contributed by atoms with Crippen molar-refractivity contribution in [1.29, 1.82) is 0 Å². The molecule has 6 aromatic carbocycles. The van der Waals surface area contributed by atoms with Gasteiger partial charge in [-0.15, -0.1) is 0 Å². The van der Waals surface area contributed by atoms with Crippen molar-refractivity contribution in [2.45, 2.75) is 4.90 Å². The summed E-state index contributed by atoms with van der Waals surface area (Å²) in [6.45, 7) is 0. The van der Waals surface area contributed by atoms with Crippen LogP contribution in [0.3, 0.4) is 0 Å². The maximum atomic E-state index is 12.3.